The highest BCUT2D eigenvalue weighted by Crippen LogP contribution is 2.34. The van der Waals surface area contributed by atoms with Crippen LogP contribution in [-0.2, 0) is 9.59 Å². The van der Waals surface area contributed by atoms with E-state index in [1.807, 2.05) is 30.3 Å². The molecule has 0 atom stereocenters. The minimum atomic E-state index is -0.0588. The van der Waals surface area contributed by atoms with E-state index in [0.29, 0.717) is 35.2 Å². The third-order valence-electron chi connectivity index (χ3n) is 5.50. The molecule has 30 heavy (non-hydrogen) atoms. The third kappa shape index (κ3) is 4.65. The van der Waals surface area contributed by atoms with Crippen molar-refractivity contribution in [3.8, 4) is 17.2 Å². The summed E-state index contributed by atoms with van der Waals surface area (Å²) in [6.07, 6.45) is 1.49. The number of benzene rings is 2. The van der Waals surface area contributed by atoms with Crippen LogP contribution >= 0.6 is 0 Å². The van der Waals surface area contributed by atoms with Gasteiger partial charge in [-0.3, -0.25) is 9.59 Å². The molecule has 4 rings (SSSR count). The number of hydrogen-bond donors (Lipinski definition) is 3. The highest BCUT2D eigenvalue weighted by atomic mass is 16.7. The Kier molecular flexibility index (Phi) is 6.04. The lowest BCUT2D eigenvalue weighted by Crippen LogP contribution is -3.14. The lowest BCUT2D eigenvalue weighted by Gasteiger charge is -2.28. The first-order valence-electron chi connectivity index (χ1n) is 10.1. The molecule has 3 N–H and O–H groups in total. The summed E-state index contributed by atoms with van der Waals surface area (Å²) in [6, 6.07) is 12.7. The van der Waals surface area contributed by atoms with Crippen molar-refractivity contribution in [3.63, 3.8) is 0 Å². The fourth-order valence-electron chi connectivity index (χ4n) is 3.85. The van der Waals surface area contributed by atoms with Crippen molar-refractivity contribution >= 4 is 23.2 Å². The molecule has 1 saturated heterocycles. The smallest absolute Gasteiger partial charge is 0.279 e. The molecule has 2 aliphatic heterocycles. The van der Waals surface area contributed by atoms with Crippen LogP contribution in [0.3, 0.4) is 0 Å². The van der Waals surface area contributed by atoms with E-state index < -0.39 is 0 Å². The first-order valence-corrected chi connectivity index (χ1v) is 10.1. The summed E-state index contributed by atoms with van der Waals surface area (Å²) in [5, 5.41) is 5.88. The minimum absolute atomic E-state index is 0.00592. The fraction of sp³-hybridized carbons (Fsp3) is 0.364. The van der Waals surface area contributed by atoms with Crippen LogP contribution < -0.4 is 29.7 Å². The monoisotopic (exact) mass is 412 g/mol. The van der Waals surface area contributed by atoms with Crippen molar-refractivity contribution < 1.29 is 28.7 Å². The number of piperidine rings is 1. The number of anilines is 2. The van der Waals surface area contributed by atoms with Gasteiger partial charge < -0.3 is 29.7 Å². The largest absolute Gasteiger partial charge is 0.495 e. The van der Waals surface area contributed by atoms with Gasteiger partial charge in [0, 0.05) is 30.5 Å². The van der Waals surface area contributed by atoms with E-state index in [1.165, 1.54) is 4.90 Å². The van der Waals surface area contributed by atoms with Gasteiger partial charge in [-0.1, -0.05) is 12.1 Å². The van der Waals surface area contributed by atoms with Crippen LogP contribution in [0.5, 0.6) is 17.2 Å². The topological polar surface area (TPSA) is 90.3 Å². The third-order valence-corrected chi connectivity index (χ3v) is 5.50. The number of para-hydroxylation sites is 2. The number of nitrogens with one attached hydrogen (secondary N) is 3. The molecule has 0 unspecified atom stereocenters. The van der Waals surface area contributed by atoms with E-state index >= 15 is 0 Å². The SMILES string of the molecule is COc1ccccc1NC(=O)C[NH+]1CCC(C(=O)Nc2ccc3c(c2)OCO3)CC1. The number of amides is 2. The zero-order valence-corrected chi connectivity index (χ0v) is 16.9. The summed E-state index contributed by atoms with van der Waals surface area (Å²) in [7, 11) is 1.58. The molecule has 2 aromatic rings. The molecule has 2 aliphatic rings. The number of carbonyl (C=O) groups is 2. The van der Waals surface area contributed by atoms with Gasteiger partial charge in [-0.15, -0.1) is 0 Å². The fourth-order valence-corrected chi connectivity index (χ4v) is 3.85. The van der Waals surface area contributed by atoms with E-state index in [4.69, 9.17) is 14.2 Å². The Labute approximate surface area is 175 Å². The Bertz CT molecular complexity index is 925. The summed E-state index contributed by atoms with van der Waals surface area (Å²) in [5.41, 5.74) is 1.37. The lowest BCUT2D eigenvalue weighted by atomic mass is 9.95. The molecule has 2 heterocycles. The quantitative estimate of drug-likeness (QED) is 0.665. The van der Waals surface area contributed by atoms with Gasteiger partial charge in [-0.05, 0) is 24.3 Å². The molecule has 0 bridgehead atoms. The summed E-state index contributed by atoms with van der Waals surface area (Å²) >= 11 is 0. The van der Waals surface area contributed by atoms with E-state index in [0.717, 1.165) is 25.9 Å². The average Bonchev–Trinajstić information content (AvgIpc) is 3.22. The standard InChI is InChI=1S/C22H25N3O5/c1-28-18-5-3-2-4-17(18)24-21(26)13-25-10-8-15(9-11-25)22(27)23-16-6-7-19-20(12-16)30-14-29-19/h2-7,12,15H,8-11,13-14H2,1H3,(H,23,27)(H,24,26)/p+1. The molecule has 2 amide bonds. The Balaban J connectivity index is 1.24. The van der Waals surface area contributed by atoms with Crippen LogP contribution in [0.4, 0.5) is 11.4 Å². The van der Waals surface area contributed by atoms with Gasteiger partial charge in [0.2, 0.25) is 12.7 Å². The van der Waals surface area contributed by atoms with E-state index in [-0.39, 0.29) is 24.5 Å². The predicted molar refractivity (Wildman–Crippen MR) is 111 cm³/mol. The molecule has 0 saturated carbocycles. The van der Waals surface area contributed by atoms with Gasteiger partial charge >= 0.3 is 0 Å². The molecular formula is C22H26N3O5+. The van der Waals surface area contributed by atoms with Crippen LogP contribution in [0.25, 0.3) is 0 Å². The van der Waals surface area contributed by atoms with Crippen LogP contribution in [0.1, 0.15) is 12.8 Å². The maximum Gasteiger partial charge on any atom is 0.279 e. The highest BCUT2D eigenvalue weighted by Gasteiger charge is 2.29. The second-order valence-corrected chi connectivity index (χ2v) is 7.51. The van der Waals surface area contributed by atoms with Crippen molar-refractivity contribution in [1.82, 2.24) is 0 Å². The number of fused-ring (bicyclic) bond motifs is 1. The van der Waals surface area contributed by atoms with E-state index in [2.05, 4.69) is 10.6 Å². The molecule has 2 aromatic carbocycles. The van der Waals surface area contributed by atoms with E-state index in [1.54, 1.807) is 19.2 Å². The molecule has 8 nitrogen and oxygen atoms in total. The molecule has 8 heteroatoms. The number of rotatable bonds is 6. The van der Waals surface area contributed by atoms with Gasteiger partial charge in [0.25, 0.3) is 5.91 Å². The number of hydrogen-bond acceptors (Lipinski definition) is 5. The zero-order valence-electron chi connectivity index (χ0n) is 16.9. The van der Waals surface area contributed by atoms with Crippen LogP contribution in [0.2, 0.25) is 0 Å². The van der Waals surface area contributed by atoms with Crippen molar-refractivity contribution in [2.75, 3.05) is 44.2 Å². The number of quaternary nitrogens is 1. The van der Waals surface area contributed by atoms with Crippen LogP contribution in [0, 0.1) is 5.92 Å². The van der Waals surface area contributed by atoms with Gasteiger partial charge in [0.1, 0.15) is 5.75 Å². The molecule has 0 radical (unpaired) electrons. The Morgan fingerprint density at radius 1 is 1.07 bits per heavy atom. The summed E-state index contributed by atoms with van der Waals surface area (Å²) in [6.45, 7) is 2.13. The number of carbonyl (C=O) groups excluding carboxylic acids is 2. The van der Waals surface area contributed by atoms with Crippen molar-refractivity contribution in [3.05, 3.63) is 42.5 Å². The van der Waals surface area contributed by atoms with Crippen molar-refractivity contribution in [2.24, 2.45) is 5.92 Å². The molecule has 0 spiro atoms. The van der Waals surface area contributed by atoms with Crippen LogP contribution in [-0.4, -0.2) is 45.4 Å². The Morgan fingerprint density at radius 3 is 2.63 bits per heavy atom. The summed E-state index contributed by atoms with van der Waals surface area (Å²) in [4.78, 5) is 26.2. The first kappa shape index (κ1) is 20.0. The highest BCUT2D eigenvalue weighted by molar-refractivity contribution is 5.93. The summed E-state index contributed by atoms with van der Waals surface area (Å²) < 4.78 is 15.9. The van der Waals surface area contributed by atoms with Crippen LogP contribution in [0.15, 0.2) is 42.5 Å². The molecular weight excluding hydrogens is 386 g/mol. The van der Waals surface area contributed by atoms with Gasteiger partial charge in [-0.2, -0.15) is 0 Å². The van der Waals surface area contributed by atoms with Gasteiger partial charge in [-0.25, -0.2) is 0 Å². The Hall–Kier alpha value is -3.26. The first-order chi connectivity index (χ1) is 14.6. The predicted octanol–water partition coefficient (Wildman–Crippen LogP) is 1.30. The molecule has 158 valence electrons. The van der Waals surface area contributed by atoms with E-state index in [9.17, 15) is 9.59 Å². The Morgan fingerprint density at radius 2 is 1.83 bits per heavy atom. The molecule has 1 fully saturated rings. The molecule has 0 aromatic heterocycles. The number of methoxy groups -OCH3 is 1. The minimum Gasteiger partial charge on any atom is -0.495 e. The normalized spacial score (nSPS) is 19.8. The second-order valence-electron chi connectivity index (χ2n) is 7.51. The lowest BCUT2D eigenvalue weighted by molar-refractivity contribution is -0.897. The number of ether oxygens (including phenoxy) is 3. The van der Waals surface area contributed by atoms with Gasteiger partial charge in [0.05, 0.1) is 25.9 Å². The zero-order chi connectivity index (χ0) is 20.9. The van der Waals surface area contributed by atoms with Crippen molar-refractivity contribution in [2.45, 2.75) is 12.8 Å². The maximum atomic E-state index is 12.6. The second kappa shape index (κ2) is 9.04. The van der Waals surface area contributed by atoms with Crippen molar-refractivity contribution in [1.29, 1.82) is 0 Å². The summed E-state index contributed by atoms with van der Waals surface area (Å²) in [5.74, 6) is 1.87. The van der Waals surface area contributed by atoms with Gasteiger partial charge in [0.15, 0.2) is 18.0 Å². The average molecular weight is 412 g/mol. The maximum absolute atomic E-state index is 12.6. The number of likely N-dealkylation sites (tertiary alicyclic amines) is 1. The molecule has 0 aliphatic carbocycles.